The smallest absolute Gasteiger partial charge is 0.0997 e. The number of rotatable bonds is 1. The van der Waals surface area contributed by atoms with Gasteiger partial charge in [-0.2, -0.15) is 5.10 Å². The van der Waals surface area contributed by atoms with E-state index in [9.17, 15) is 0 Å². The van der Waals surface area contributed by atoms with Gasteiger partial charge in [0.2, 0.25) is 0 Å². The van der Waals surface area contributed by atoms with E-state index in [2.05, 4.69) is 20.2 Å². The van der Waals surface area contributed by atoms with Gasteiger partial charge in [0.25, 0.3) is 0 Å². The highest BCUT2D eigenvalue weighted by Crippen LogP contribution is 2.23. The molecule has 4 heteroatoms. The van der Waals surface area contributed by atoms with E-state index in [1.165, 1.54) is 0 Å². The van der Waals surface area contributed by atoms with E-state index in [-0.39, 0.29) is 0 Å². The summed E-state index contributed by atoms with van der Waals surface area (Å²) in [4.78, 5) is 9.21. The molecule has 2 aromatic heterocycles. The highest BCUT2D eigenvalue weighted by atomic mass is 15.1. The molecule has 19 heavy (non-hydrogen) atoms. The first-order valence-corrected chi connectivity index (χ1v) is 6.06. The van der Waals surface area contributed by atoms with Crippen LogP contribution in [0.15, 0.2) is 54.9 Å². The monoisotopic (exact) mass is 246 g/mol. The molecular formula is C15H10N4. The molecule has 90 valence electrons. The molecule has 0 fully saturated rings. The molecule has 0 aliphatic carbocycles. The first-order valence-electron chi connectivity index (χ1n) is 6.06. The maximum Gasteiger partial charge on any atom is 0.0997 e. The van der Waals surface area contributed by atoms with Gasteiger partial charge < -0.3 is 0 Å². The molecule has 0 saturated carbocycles. The van der Waals surface area contributed by atoms with Crippen molar-refractivity contribution in [3.63, 3.8) is 0 Å². The third kappa shape index (κ3) is 1.57. The van der Waals surface area contributed by atoms with Crippen LogP contribution >= 0.6 is 0 Å². The van der Waals surface area contributed by atoms with Gasteiger partial charge in [-0.3, -0.25) is 10.1 Å². The lowest BCUT2D eigenvalue weighted by atomic mass is 10.1. The summed E-state index contributed by atoms with van der Waals surface area (Å²) in [5.41, 5.74) is 4.70. The Bertz CT molecular complexity index is 865. The second kappa shape index (κ2) is 3.88. The summed E-state index contributed by atoms with van der Waals surface area (Å²) in [6.07, 6.45) is 3.60. The Labute approximate surface area is 109 Å². The maximum atomic E-state index is 4.67. The molecule has 4 nitrogen and oxygen atoms in total. The number of hydrogen-bond acceptors (Lipinski definition) is 3. The Balaban J connectivity index is 1.99. The summed E-state index contributed by atoms with van der Waals surface area (Å²) in [5, 5.41) is 7.98. The van der Waals surface area contributed by atoms with E-state index in [1.807, 2.05) is 48.7 Å². The molecule has 1 N–H and O–H groups in total. The molecule has 0 unspecified atom stereocenters. The number of nitrogens with one attached hydrogen (secondary N) is 1. The molecular weight excluding hydrogens is 236 g/mol. The second-order valence-corrected chi connectivity index (χ2v) is 4.39. The van der Waals surface area contributed by atoms with E-state index >= 15 is 0 Å². The molecule has 0 bridgehead atoms. The van der Waals surface area contributed by atoms with Gasteiger partial charge in [0.15, 0.2) is 0 Å². The van der Waals surface area contributed by atoms with Crippen molar-refractivity contribution in [3.05, 3.63) is 54.9 Å². The second-order valence-electron chi connectivity index (χ2n) is 4.39. The quantitative estimate of drug-likeness (QED) is 0.561. The number of benzene rings is 2. The zero-order valence-corrected chi connectivity index (χ0v) is 10.0. The highest BCUT2D eigenvalue weighted by Gasteiger charge is 2.06. The number of fused-ring (bicyclic) bond motifs is 3. The van der Waals surface area contributed by atoms with Crippen LogP contribution < -0.4 is 0 Å². The molecule has 4 aromatic rings. The van der Waals surface area contributed by atoms with Crippen molar-refractivity contribution in [1.29, 1.82) is 0 Å². The molecule has 0 spiro atoms. The summed E-state index contributed by atoms with van der Waals surface area (Å²) in [6, 6.07) is 14.0. The largest absolute Gasteiger partial charge is 0.278 e. The predicted molar refractivity (Wildman–Crippen MR) is 74.6 cm³/mol. The summed E-state index contributed by atoms with van der Waals surface area (Å²) >= 11 is 0. The molecule has 0 radical (unpaired) electrons. The van der Waals surface area contributed by atoms with Crippen molar-refractivity contribution in [1.82, 2.24) is 20.2 Å². The fraction of sp³-hybridized carbons (Fsp3) is 0. The molecule has 0 amide bonds. The van der Waals surface area contributed by atoms with Crippen LogP contribution in [0.1, 0.15) is 0 Å². The number of H-pyrrole nitrogens is 1. The predicted octanol–water partition coefficient (Wildman–Crippen LogP) is 3.17. The van der Waals surface area contributed by atoms with Crippen molar-refractivity contribution in [2.45, 2.75) is 0 Å². The summed E-state index contributed by atoms with van der Waals surface area (Å²) in [5.74, 6) is 0. The van der Waals surface area contributed by atoms with Crippen LogP contribution in [0, 0.1) is 0 Å². The topological polar surface area (TPSA) is 54.5 Å². The van der Waals surface area contributed by atoms with Crippen LogP contribution in [-0.4, -0.2) is 20.2 Å². The third-order valence-electron chi connectivity index (χ3n) is 3.20. The van der Waals surface area contributed by atoms with Gasteiger partial charge >= 0.3 is 0 Å². The molecule has 0 atom stereocenters. The fourth-order valence-electron chi connectivity index (χ4n) is 2.25. The number of nitrogens with zero attached hydrogens (tertiary/aromatic N) is 3. The van der Waals surface area contributed by atoms with E-state index in [4.69, 9.17) is 0 Å². The van der Waals surface area contributed by atoms with Gasteiger partial charge in [0.1, 0.15) is 0 Å². The average Bonchev–Trinajstić information content (AvgIpc) is 2.96. The first kappa shape index (κ1) is 10.2. The summed E-state index contributed by atoms with van der Waals surface area (Å²) < 4.78 is 0. The van der Waals surface area contributed by atoms with Crippen LogP contribution in [0.3, 0.4) is 0 Å². The minimum Gasteiger partial charge on any atom is -0.278 e. The van der Waals surface area contributed by atoms with Crippen LogP contribution in [0.25, 0.3) is 33.2 Å². The Kier molecular flexibility index (Phi) is 2.08. The van der Waals surface area contributed by atoms with Crippen molar-refractivity contribution < 1.29 is 0 Å². The van der Waals surface area contributed by atoms with Gasteiger partial charge in [-0.25, -0.2) is 4.98 Å². The maximum absolute atomic E-state index is 4.67. The molecule has 2 aromatic carbocycles. The summed E-state index contributed by atoms with van der Waals surface area (Å²) in [7, 11) is 0. The number of aromatic amines is 1. The Morgan fingerprint density at radius 3 is 2.68 bits per heavy atom. The Hall–Kier alpha value is -2.75. The molecule has 4 rings (SSSR count). The molecule has 0 saturated heterocycles. The third-order valence-corrected chi connectivity index (χ3v) is 3.20. The SMILES string of the molecule is c1ccc(-c2cnc3c(ccc4[nH]ncc43)n2)cc1. The van der Waals surface area contributed by atoms with E-state index in [0.29, 0.717) is 0 Å². The van der Waals surface area contributed by atoms with Crippen molar-refractivity contribution in [2.24, 2.45) is 0 Å². The van der Waals surface area contributed by atoms with E-state index < -0.39 is 0 Å². The average molecular weight is 246 g/mol. The molecule has 2 heterocycles. The van der Waals surface area contributed by atoms with Crippen LogP contribution in [0.2, 0.25) is 0 Å². The fourth-order valence-corrected chi connectivity index (χ4v) is 2.25. The van der Waals surface area contributed by atoms with E-state index in [1.54, 1.807) is 6.20 Å². The Morgan fingerprint density at radius 1 is 0.895 bits per heavy atom. The standard InChI is InChI=1S/C15H10N4/c1-2-4-10(5-3-1)14-9-16-15-11-8-17-19-12(11)6-7-13(15)18-14/h1-9H,(H,17,19). The van der Waals surface area contributed by atoms with E-state index in [0.717, 1.165) is 33.2 Å². The normalized spacial score (nSPS) is 11.2. The van der Waals surface area contributed by atoms with Crippen LogP contribution in [0.5, 0.6) is 0 Å². The zero-order valence-electron chi connectivity index (χ0n) is 10.0. The number of hydrogen-bond donors (Lipinski definition) is 1. The van der Waals surface area contributed by atoms with Crippen molar-refractivity contribution >= 4 is 21.9 Å². The Morgan fingerprint density at radius 2 is 1.79 bits per heavy atom. The van der Waals surface area contributed by atoms with Gasteiger partial charge in [-0.15, -0.1) is 0 Å². The number of aromatic nitrogens is 4. The molecule has 0 aliphatic rings. The van der Waals surface area contributed by atoms with Gasteiger partial charge in [-0.1, -0.05) is 30.3 Å². The van der Waals surface area contributed by atoms with Crippen molar-refractivity contribution in [3.8, 4) is 11.3 Å². The van der Waals surface area contributed by atoms with Crippen LogP contribution in [0.4, 0.5) is 0 Å². The van der Waals surface area contributed by atoms with Crippen molar-refractivity contribution in [2.75, 3.05) is 0 Å². The minimum absolute atomic E-state index is 0.880. The lowest BCUT2D eigenvalue weighted by Gasteiger charge is -2.03. The van der Waals surface area contributed by atoms with Gasteiger partial charge in [0, 0.05) is 10.9 Å². The van der Waals surface area contributed by atoms with Crippen LogP contribution in [-0.2, 0) is 0 Å². The highest BCUT2D eigenvalue weighted by molar-refractivity contribution is 6.02. The zero-order chi connectivity index (χ0) is 12.7. The van der Waals surface area contributed by atoms with Gasteiger partial charge in [-0.05, 0) is 12.1 Å². The van der Waals surface area contributed by atoms with Gasteiger partial charge in [0.05, 0.1) is 34.6 Å². The lowest BCUT2D eigenvalue weighted by molar-refractivity contribution is 1.12. The lowest BCUT2D eigenvalue weighted by Crippen LogP contribution is -1.88. The first-order chi connectivity index (χ1) is 9.42. The minimum atomic E-state index is 0.880. The molecule has 0 aliphatic heterocycles. The summed E-state index contributed by atoms with van der Waals surface area (Å²) in [6.45, 7) is 0.